The third-order valence-electron chi connectivity index (χ3n) is 2.74. The summed E-state index contributed by atoms with van der Waals surface area (Å²) in [5.74, 6) is 3.40. The third kappa shape index (κ3) is 1.74. The molecule has 1 amide bonds. The van der Waals surface area contributed by atoms with Crippen molar-refractivity contribution in [3.63, 3.8) is 0 Å². The average Bonchev–Trinajstić information content (AvgIpc) is 2.70. The van der Waals surface area contributed by atoms with E-state index >= 15 is 0 Å². The van der Waals surface area contributed by atoms with Crippen LogP contribution in [0.4, 0.5) is 5.69 Å². The number of amides is 1. The number of carbonyl (C=O) groups is 1. The van der Waals surface area contributed by atoms with E-state index in [0.29, 0.717) is 18.7 Å². The fraction of sp³-hybridized carbons (Fsp3) is 0.308. The SMILES string of the molecule is C#CC1CC(=O)N(c2ccccc2OC)C1. The molecule has 3 heteroatoms. The minimum absolute atomic E-state index is 0.0115. The van der Waals surface area contributed by atoms with E-state index in [1.54, 1.807) is 12.0 Å². The van der Waals surface area contributed by atoms with Crippen LogP contribution in [0.1, 0.15) is 6.42 Å². The number of rotatable bonds is 2. The first-order valence-corrected chi connectivity index (χ1v) is 5.15. The Morgan fingerprint density at radius 1 is 1.50 bits per heavy atom. The monoisotopic (exact) mass is 215 g/mol. The van der Waals surface area contributed by atoms with Gasteiger partial charge in [-0.1, -0.05) is 12.1 Å². The van der Waals surface area contributed by atoms with Crippen LogP contribution in [-0.4, -0.2) is 19.6 Å². The third-order valence-corrected chi connectivity index (χ3v) is 2.74. The molecular formula is C13H13NO2. The molecule has 16 heavy (non-hydrogen) atoms. The summed E-state index contributed by atoms with van der Waals surface area (Å²) in [7, 11) is 1.60. The van der Waals surface area contributed by atoms with Crippen LogP contribution in [0, 0.1) is 18.3 Å². The van der Waals surface area contributed by atoms with Crippen LogP contribution >= 0.6 is 0 Å². The first-order chi connectivity index (χ1) is 7.76. The van der Waals surface area contributed by atoms with E-state index in [-0.39, 0.29) is 11.8 Å². The van der Waals surface area contributed by atoms with E-state index in [9.17, 15) is 4.79 Å². The van der Waals surface area contributed by atoms with Crippen molar-refractivity contribution in [2.24, 2.45) is 5.92 Å². The number of hydrogen-bond acceptors (Lipinski definition) is 2. The Bertz CT molecular complexity index is 447. The van der Waals surface area contributed by atoms with Crippen molar-refractivity contribution >= 4 is 11.6 Å². The number of para-hydroxylation sites is 2. The average molecular weight is 215 g/mol. The number of hydrogen-bond donors (Lipinski definition) is 0. The molecule has 1 heterocycles. The summed E-state index contributed by atoms with van der Waals surface area (Å²) in [6, 6.07) is 7.47. The van der Waals surface area contributed by atoms with E-state index in [0.717, 1.165) is 5.69 Å². The normalized spacial score (nSPS) is 19.6. The van der Waals surface area contributed by atoms with Crippen LogP contribution in [0.2, 0.25) is 0 Å². The lowest BCUT2D eigenvalue weighted by molar-refractivity contribution is -0.117. The lowest BCUT2D eigenvalue weighted by atomic mass is 10.1. The Morgan fingerprint density at radius 2 is 2.25 bits per heavy atom. The highest BCUT2D eigenvalue weighted by Crippen LogP contribution is 2.32. The highest BCUT2D eigenvalue weighted by atomic mass is 16.5. The molecule has 82 valence electrons. The van der Waals surface area contributed by atoms with Crippen molar-refractivity contribution in [1.82, 2.24) is 0 Å². The number of anilines is 1. The maximum Gasteiger partial charge on any atom is 0.228 e. The first kappa shape index (κ1) is 10.6. The largest absolute Gasteiger partial charge is 0.495 e. The minimum Gasteiger partial charge on any atom is -0.495 e. The van der Waals surface area contributed by atoms with Gasteiger partial charge in [0.05, 0.1) is 12.8 Å². The zero-order chi connectivity index (χ0) is 11.5. The molecule has 1 fully saturated rings. The van der Waals surface area contributed by atoms with Crippen LogP contribution in [0.5, 0.6) is 5.75 Å². The van der Waals surface area contributed by atoms with Gasteiger partial charge in [0.1, 0.15) is 5.75 Å². The molecule has 0 saturated carbocycles. The lowest BCUT2D eigenvalue weighted by Crippen LogP contribution is -2.24. The van der Waals surface area contributed by atoms with Crippen LogP contribution < -0.4 is 9.64 Å². The number of benzene rings is 1. The van der Waals surface area contributed by atoms with Crippen molar-refractivity contribution in [3.05, 3.63) is 24.3 Å². The van der Waals surface area contributed by atoms with Gasteiger partial charge in [0.2, 0.25) is 5.91 Å². The topological polar surface area (TPSA) is 29.5 Å². The van der Waals surface area contributed by atoms with E-state index in [4.69, 9.17) is 11.2 Å². The fourth-order valence-corrected chi connectivity index (χ4v) is 1.90. The highest BCUT2D eigenvalue weighted by molar-refractivity contribution is 5.97. The second-order valence-corrected chi connectivity index (χ2v) is 3.74. The van der Waals surface area contributed by atoms with Crippen LogP contribution in [0.15, 0.2) is 24.3 Å². The van der Waals surface area contributed by atoms with Crippen molar-refractivity contribution in [1.29, 1.82) is 0 Å². The molecule has 0 spiro atoms. The molecule has 2 rings (SSSR count). The lowest BCUT2D eigenvalue weighted by Gasteiger charge is -2.18. The Kier molecular flexibility index (Phi) is 2.82. The molecule has 1 atom stereocenters. The molecule has 1 unspecified atom stereocenters. The predicted molar refractivity (Wildman–Crippen MR) is 62.3 cm³/mol. The Hall–Kier alpha value is -1.95. The van der Waals surface area contributed by atoms with Gasteiger partial charge in [-0.05, 0) is 12.1 Å². The predicted octanol–water partition coefficient (Wildman–Crippen LogP) is 1.68. The van der Waals surface area contributed by atoms with Crippen molar-refractivity contribution in [2.75, 3.05) is 18.6 Å². The van der Waals surface area contributed by atoms with Gasteiger partial charge < -0.3 is 9.64 Å². The number of ether oxygens (including phenoxy) is 1. The van der Waals surface area contributed by atoms with Crippen molar-refractivity contribution in [2.45, 2.75) is 6.42 Å². The zero-order valence-corrected chi connectivity index (χ0v) is 9.14. The van der Waals surface area contributed by atoms with Crippen molar-refractivity contribution in [3.8, 4) is 18.1 Å². The standard InChI is InChI=1S/C13H13NO2/c1-3-10-8-13(15)14(9-10)11-6-4-5-7-12(11)16-2/h1,4-7,10H,8-9H2,2H3. The van der Waals surface area contributed by atoms with Gasteiger partial charge in [0.15, 0.2) is 0 Å². The van der Waals surface area contributed by atoms with Gasteiger partial charge in [-0.25, -0.2) is 0 Å². The number of terminal acetylenes is 1. The summed E-state index contributed by atoms with van der Waals surface area (Å²) in [6.45, 7) is 0.579. The Labute approximate surface area is 95.0 Å². The molecule has 0 aliphatic carbocycles. The molecule has 1 aromatic rings. The highest BCUT2D eigenvalue weighted by Gasteiger charge is 2.30. The summed E-state index contributed by atoms with van der Waals surface area (Å²) in [5.41, 5.74) is 0.799. The summed E-state index contributed by atoms with van der Waals surface area (Å²) < 4.78 is 5.23. The zero-order valence-electron chi connectivity index (χ0n) is 9.14. The number of methoxy groups -OCH3 is 1. The minimum atomic E-state index is 0.0115. The molecule has 0 bridgehead atoms. The molecule has 0 N–H and O–H groups in total. The summed E-state index contributed by atoms with van der Waals surface area (Å²) in [6.07, 6.45) is 5.77. The summed E-state index contributed by atoms with van der Waals surface area (Å²) in [4.78, 5) is 13.5. The van der Waals surface area contributed by atoms with E-state index in [2.05, 4.69) is 5.92 Å². The van der Waals surface area contributed by atoms with Crippen LogP contribution in [-0.2, 0) is 4.79 Å². The first-order valence-electron chi connectivity index (χ1n) is 5.15. The number of carbonyl (C=O) groups excluding carboxylic acids is 1. The van der Waals surface area contributed by atoms with E-state index < -0.39 is 0 Å². The summed E-state index contributed by atoms with van der Waals surface area (Å²) in [5, 5.41) is 0. The van der Waals surface area contributed by atoms with Gasteiger partial charge in [0, 0.05) is 18.9 Å². The van der Waals surface area contributed by atoms with Gasteiger partial charge >= 0.3 is 0 Å². The van der Waals surface area contributed by atoms with Gasteiger partial charge in [0.25, 0.3) is 0 Å². The molecule has 1 aromatic carbocycles. The Morgan fingerprint density at radius 3 is 2.88 bits per heavy atom. The van der Waals surface area contributed by atoms with Gasteiger partial charge in [-0.3, -0.25) is 4.79 Å². The Balaban J connectivity index is 2.31. The fourth-order valence-electron chi connectivity index (χ4n) is 1.90. The summed E-state index contributed by atoms with van der Waals surface area (Å²) >= 11 is 0. The van der Waals surface area contributed by atoms with Crippen molar-refractivity contribution < 1.29 is 9.53 Å². The molecule has 0 aromatic heterocycles. The maximum absolute atomic E-state index is 11.8. The second-order valence-electron chi connectivity index (χ2n) is 3.74. The van der Waals surface area contributed by atoms with E-state index in [1.807, 2.05) is 24.3 Å². The number of nitrogens with zero attached hydrogens (tertiary/aromatic N) is 1. The molecule has 1 aliphatic rings. The smallest absolute Gasteiger partial charge is 0.228 e. The van der Waals surface area contributed by atoms with E-state index in [1.165, 1.54) is 0 Å². The van der Waals surface area contributed by atoms with Gasteiger partial charge in [-0.15, -0.1) is 12.3 Å². The molecule has 3 nitrogen and oxygen atoms in total. The molecule has 0 radical (unpaired) electrons. The molecule has 1 aliphatic heterocycles. The molecular weight excluding hydrogens is 202 g/mol. The quantitative estimate of drug-likeness (QED) is 0.702. The van der Waals surface area contributed by atoms with Crippen LogP contribution in [0.25, 0.3) is 0 Å². The second kappa shape index (κ2) is 4.28. The molecule has 1 saturated heterocycles. The maximum atomic E-state index is 11.8. The van der Waals surface area contributed by atoms with Gasteiger partial charge in [-0.2, -0.15) is 0 Å². The van der Waals surface area contributed by atoms with Crippen LogP contribution in [0.3, 0.4) is 0 Å².